The summed E-state index contributed by atoms with van der Waals surface area (Å²) >= 11 is 0. The average molecular weight is 176 g/mol. The summed E-state index contributed by atoms with van der Waals surface area (Å²) in [5.74, 6) is 0.787. The zero-order chi connectivity index (χ0) is 9.98. The van der Waals surface area contributed by atoms with E-state index in [-0.39, 0.29) is 0 Å². The van der Waals surface area contributed by atoms with Crippen LogP contribution in [0.25, 0.3) is 0 Å². The van der Waals surface area contributed by atoms with E-state index in [2.05, 4.69) is 19.2 Å². The molecular formula is C9H24N2O. The van der Waals surface area contributed by atoms with E-state index in [9.17, 15) is 0 Å². The Labute approximate surface area is 76.7 Å². The van der Waals surface area contributed by atoms with Gasteiger partial charge < -0.3 is 10.5 Å². The van der Waals surface area contributed by atoms with E-state index in [1.807, 2.05) is 20.9 Å². The molecule has 0 heterocycles. The summed E-state index contributed by atoms with van der Waals surface area (Å²) in [5.41, 5.74) is 0. The summed E-state index contributed by atoms with van der Waals surface area (Å²) < 4.78 is 0. The maximum Gasteiger partial charge on any atom is 0.0209 e. The second kappa shape index (κ2) is 10.9. The Hall–Kier alpha value is -0.120. The van der Waals surface area contributed by atoms with Gasteiger partial charge in [-0.1, -0.05) is 27.7 Å². The van der Waals surface area contributed by atoms with Crippen molar-refractivity contribution in [3.63, 3.8) is 0 Å². The molecule has 76 valence electrons. The van der Waals surface area contributed by atoms with E-state index in [1.54, 1.807) is 0 Å². The molecular weight excluding hydrogens is 152 g/mol. The Morgan fingerprint density at radius 2 is 1.67 bits per heavy atom. The molecule has 0 unspecified atom stereocenters. The highest BCUT2D eigenvalue weighted by Gasteiger charge is 1.84. The summed E-state index contributed by atoms with van der Waals surface area (Å²) in [7, 11) is 1.97. The first kappa shape index (κ1) is 14.4. The smallest absolute Gasteiger partial charge is 0.0209 e. The van der Waals surface area contributed by atoms with Gasteiger partial charge in [0.2, 0.25) is 0 Å². The Morgan fingerprint density at radius 1 is 1.25 bits per heavy atom. The lowest BCUT2D eigenvalue weighted by Gasteiger charge is -2.05. The fourth-order valence-electron chi connectivity index (χ4n) is 0.632. The fraction of sp³-hybridized carbons (Fsp3) is 1.00. The molecule has 3 nitrogen and oxygen atoms in total. The van der Waals surface area contributed by atoms with Gasteiger partial charge in [0.25, 0.3) is 0 Å². The van der Waals surface area contributed by atoms with Gasteiger partial charge in [-0.3, -0.25) is 0 Å². The summed E-state index contributed by atoms with van der Waals surface area (Å²) in [5, 5.41) is 12.8. The molecule has 0 atom stereocenters. The lowest BCUT2D eigenvalue weighted by molar-refractivity contribution is -0.0813. The third-order valence-corrected chi connectivity index (χ3v) is 1.34. The van der Waals surface area contributed by atoms with Crippen molar-refractivity contribution < 1.29 is 5.21 Å². The summed E-state index contributed by atoms with van der Waals surface area (Å²) in [6.07, 6.45) is 0. The van der Waals surface area contributed by atoms with E-state index in [1.165, 1.54) is 5.06 Å². The van der Waals surface area contributed by atoms with Crippen LogP contribution in [0.15, 0.2) is 0 Å². The van der Waals surface area contributed by atoms with Gasteiger partial charge >= 0.3 is 0 Å². The minimum Gasteiger partial charge on any atom is -0.319 e. The van der Waals surface area contributed by atoms with Crippen molar-refractivity contribution in [3.05, 3.63) is 0 Å². The molecule has 0 saturated heterocycles. The number of nitrogens with one attached hydrogen (secondary N) is 1. The molecule has 0 aliphatic rings. The highest BCUT2D eigenvalue weighted by atomic mass is 16.5. The SMILES string of the molecule is CCN(O)CC.CNCC(C)C. The van der Waals surface area contributed by atoms with Gasteiger partial charge in [0, 0.05) is 13.1 Å². The molecule has 0 amide bonds. The normalized spacial score (nSPS) is 10.0. The van der Waals surface area contributed by atoms with Crippen LogP contribution in [0.2, 0.25) is 0 Å². The highest BCUT2D eigenvalue weighted by Crippen LogP contribution is 1.83. The van der Waals surface area contributed by atoms with E-state index in [0.29, 0.717) is 0 Å². The Balaban J connectivity index is 0. The fourth-order valence-corrected chi connectivity index (χ4v) is 0.632. The van der Waals surface area contributed by atoms with Gasteiger partial charge in [0.1, 0.15) is 0 Å². The molecule has 0 fully saturated rings. The van der Waals surface area contributed by atoms with Crippen LogP contribution >= 0.6 is 0 Å². The van der Waals surface area contributed by atoms with E-state index in [0.717, 1.165) is 25.6 Å². The van der Waals surface area contributed by atoms with Gasteiger partial charge in [-0.2, -0.15) is 5.06 Å². The zero-order valence-corrected chi connectivity index (χ0v) is 9.09. The van der Waals surface area contributed by atoms with Gasteiger partial charge in [-0.25, -0.2) is 0 Å². The second-order valence-corrected chi connectivity index (χ2v) is 3.09. The summed E-state index contributed by atoms with van der Waals surface area (Å²) in [4.78, 5) is 0. The predicted octanol–water partition coefficient (Wildman–Crippen LogP) is 1.58. The van der Waals surface area contributed by atoms with Crippen LogP contribution in [0.4, 0.5) is 0 Å². The molecule has 2 N–H and O–H groups in total. The van der Waals surface area contributed by atoms with Crippen molar-refractivity contribution >= 4 is 0 Å². The van der Waals surface area contributed by atoms with Crippen molar-refractivity contribution in [2.45, 2.75) is 27.7 Å². The zero-order valence-electron chi connectivity index (χ0n) is 9.09. The van der Waals surface area contributed by atoms with Crippen molar-refractivity contribution in [2.75, 3.05) is 26.7 Å². The Kier molecular flexibility index (Phi) is 13.1. The molecule has 0 aromatic heterocycles. The van der Waals surface area contributed by atoms with E-state index < -0.39 is 0 Å². The molecule has 0 radical (unpaired) electrons. The lowest BCUT2D eigenvalue weighted by Crippen LogP contribution is -2.16. The molecule has 3 heteroatoms. The number of rotatable bonds is 4. The van der Waals surface area contributed by atoms with Crippen molar-refractivity contribution in [1.29, 1.82) is 0 Å². The van der Waals surface area contributed by atoms with Gasteiger partial charge in [-0.15, -0.1) is 0 Å². The minimum absolute atomic E-state index is 0.719. The molecule has 0 aromatic rings. The third kappa shape index (κ3) is 16.5. The van der Waals surface area contributed by atoms with Crippen LogP contribution in [0.1, 0.15) is 27.7 Å². The number of hydrogen-bond donors (Lipinski definition) is 2. The van der Waals surface area contributed by atoms with Crippen molar-refractivity contribution in [1.82, 2.24) is 10.4 Å². The molecule has 0 aliphatic heterocycles. The molecule has 0 saturated carbocycles. The van der Waals surface area contributed by atoms with E-state index in [4.69, 9.17) is 5.21 Å². The number of hydroxylamine groups is 2. The quantitative estimate of drug-likeness (QED) is 0.638. The van der Waals surface area contributed by atoms with Crippen LogP contribution in [-0.4, -0.2) is 37.0 Å². The molecule has 0 aliphatic carbocycles. The van der Waals surface area contributed by atoms with Crippen molar-refractivity contribution in [2.24, 2.45) is 5.92 Å². The first-order valence-corrected chi connectivity index (χ1v) is 4.66. The largest absolute Gasteiger partial charge is 0.319 e. The van der Waals surface area contributed by atoms with Crippen LogP contribution in [0.5, 0.6) is 0 Å². The standard InChI is InChI=1S/C5H13N.C4H11NO/c1-5(2)4-6-3;1-3-5(6)4-2/h5-6H,4H2,1-3H3;6H,3-4H2,1-2H3. The van der Waals surface area contributed by atoms with Gasteiger partial charge in [0.15, 0.2) is 0 Å². The third-order valence-electron chi connectivity index (χ3n) is 1.34. The average Bonchev–Trinajstić information content (AvgIpc) is 2.04. The van der Waals surface area contributed by atoms with Crippen LogP contribution in [0, 0.1) is 5.92 Å². The molecule has 0 aromatic carbocycles. The minimum atomic E-state index is 0.719. The molecule has 0 rings (SSSR count). The maximum atomic E-state index is 8.50. The maximum absolute atomic E-state index is 8.50. The molecule has 0 bridgehead atoms. The van der Waals surface area contributed by atoms with Crippen LogP contribution in [0.3, 0.4) is 0 Å². The predicted molar refractivity (Wildman–Crippen MR) is 53.5 cm³/mol. The first-order chi connectivity index (χ1) is 5.58. The van der Waals surface area contributed by atoms with Crippen LogP contribution in [-0.2, 0) is 0 Å². The summed E-state index contributed by atoms with van der Waals surface area (Å²) in [6.45, 7) is 10.8. The van der Waals surface area contributed by atoms with E-state index >= 15 is 0 Å². The molecule has 12 heavy (non-hydrogen) atoms. The van der Waals surface area contributed by atoms with Gasteiger partial charge in [-0.05, 0) is 19.5 Å². The second-order valence-electron chi connectivity index (χ2n) is 3.09. The topological polar surface area (TPSA) is 35.5 Å². The monoisotopic (exact) mass is 176 g/mol. The summed E-state index contributed by atoms with van der Waals surface area (Å²) in [6, 6.07) is 0. The van der Waals surface area contributed by atoms with Gasteiger partial charge in [0.05, 0.1) is 0 Å². The van der Waals surface area contributed by atoms with Crippen LogP contribution < -0.4 is 5.32 Å². The Morgan fingerprint density at radius 3 is 1.67 bits per heavy atom. The number of nitrogens with zero attached hydrogens (tertiary/aromatic N) is 1. The number of hydrogen-bond acceptors (Lipinski definition) is 3. The highest BCUT2D eigenvalue weighted by molar-refractivity contribution is 4.42. The van der Waals surface area contributed by atoms with Crippen molar-refractivity contribution in [3.8, 4) is 0 Å². The lowest BCUT2D eigenvalue weighted by atomic mass is 10.2. The first-order valence-electron chi connectivity index (χ1n) is 4.66. The Bertz CT molecular complexity index is 72.9. The molecule has 0 spiro atoms.